The van der Waals surface area contributed by atoms with E-state index in [0.29, 0.717) is 25.9 Å². The van der Waals surface area contributed by atoms with Gasteiger partial charge in [-0.05, 0) is 56.4 Å². The summed E-state index contributed by atoms with van der Waals surface area (Å²) in [5, 5.41) is 2.97. The van der Waals surface area contributed by atoms with Gasteiger partial charge in [0.1, 0.15) is 5.41 Å². The molecule has 4 nitrogen and oxygen atoms in total. The van der Waals surface area contributed by atoms with Gasteiger partial charge in [-0.1, -0.05) is 42.5 Å². The number of carbonyl (C=O) groups is 2. The zero-order valence-electron chi connectivity index (χ0n) is 15.5. The number of hydrogen-bond acceptors (Lipinski definition) is 2. The van der Waals surface area contributed by atoms with E-state index < -0.39 is 5.41 Å². The maximum Gasteiger partial charge on any atom is 0.242 e. The molecule has 0 aromatic heterocycles. The lowest BCUT2D eigenvalue weighted by atomic mass is 10.0. The molecule has 0 unspecified atom stereocenters. The number of nitrogens with zero attached hydrogens (tertiary/aromatic N) is 1. The van der Waals surface area contributed by atoms with E-state index in [1.807, 2.05) is 68.4 Å². The first-order chi connectivity index (χ1) is 12.6. The predicted octanol–water partition coefficient (Wildman–Crippen LogP) is 3.49. The van der Waals surface area contributed by atoms with Gasteiger partial charge in [0.15, 0.2) is 0 Å². The van der Waals surface area contributed by atoms with Crippen molar-refractivity contribution in [2.75, 3.05) is 18.0 Å². The molecule has 0 heterocycles. The number of hydrogen-bond donors (Lipinski definition) is 1. The smallest absolute Gasteiger partial charge is 0.242 e. The van der Waals surface area contributed by atoms with Gasteiger partial charge < -0.3 is 10.2 Å². The van der Waals surface area contributed by atoms with Crippen molar-refractivity contribution in [1.29, 1.82) is 0 Å². The van der Waals surface area contributed by atoms with Crippen molar-refractivity contribution in [2.24, 2.45) is 5.41 Å². The molecule has 2 aromatic carbocycles. The molecule has 1 saturated carbocycles. The lowest BCUT2D eigenvalue weighted by Gasteiger charge is -2.26. The summed E-state index contributed by atoms with van der Waals surface area (Å²) in [5.74, 6) is -0.215. The Kier molecular flexibility index (Phi) is 5.40. The van der Waals surface area contributed by atoms with Gasteiger partial charge in [-0.15, -0.1) is 0 Å². The first-order valence-electron chi connectivity index (χ1n) is 9.28. The molecule has 0 atom stereocenters. The molecule has 0 aliphatic heterocycles. The number of nitrogens with one attached hydrogen (secondary N) is 1. The van der Waals surface area contributed by atoms with Crippen LogP contribution in [0.15, 0.2) is 54.6 Å². The SMILES string of the molecule is CCN(C(=O)C1(C(=O)NCCc2ccccc2)CC1)c1cccc(C)c1. The van der Waals surface area contributed by atoms with Crippen LogP contribution in [0.5, 0.6) is 0 Å². The Morgan fingerprint density at radius 1 is 1.08 bits per heavy atom. The maximum absolute atomic E-state index is 13.1. The molecular weight excluding hydrogens is 324 g/mol. The molecule has 2 aromatic rings. The molecule has 26 heavy (non-hydrogen) atoms. The van der Waals surface area contributed by atoms with Crippen molar-refractivity contribution in [3.63, 3.8) is 0 Å². The van der Waals surface area contributed by atoms with Crippen molar-refractivity contribution in [1.82, 2.24) is 5.32 Å². The fourth-order valence-corrected chi connectivity index (χ4v) is 3.29. The van der Waals surface area contributed by atoms with E-state index in [1.54, 1.807) is 4.90 Å². The Morgan fingerprint density at radius 2 is 1.81 bits per heavy atom. The normalized spacial score (nSPS) is 14.5. The van der Waals surface area contributed by atoms with E-state index in [2.05, 4.69) is 5.32 Å². The molecule has 2 amide bonds. The summed E-state index contributed by atoms with van der Waals surface area (Å²) in [7, 11) is 0. The van der Waals surface area contributed by atoms with Crippen LogP contribution in [0.2, 0.25) is 0 Å². The highest BCUT2D eigenvalue weighted by Crippen LogP contribution is 2.48. The summed E-state index contributed by atoms with van der Waals surface area (Å²) in [6.45, 7) is 5.06. The van der Waals surface area contributed by atoms with Gasteiger partial charge in [-0.25, -0.2) is 0 Å². The van der Waals surface area contributed by atoms with Gasteiger partial charge in [0.25, 0.3) is 0 Å². The lowest BCUT2D eigenvalue weighted by Crippen LogP contribution is -2.45. The minimum atomic E-state index is -0.879. The van der Waals surface area contributed by atoms with Crippen LogP contribution in [0.25, 0.3) is 0 Å². The van der Waals surface area contributed by atoms with E-state index in [9.17, 15) is 9.59 Å². The first-order valence-corrected chi connectivity index (χ1v) is 9.28. The van der Waals surface area contributed by atoms with E-state index in [4.69, 9.17) is 0 Å². The molecule has 0 spiro atoms. The van der Waals surface area contributed by atoms with Crippen molar-refractivity contribution >= 4 is 17.5 Å². The van der Waals surface area contributed by atoms with E-state index >= 15 is 0 Å². The average molecular weight is 350 g/mol. The van der Waals surface area contributed by atoms with Crippen LogP contribution in [0.4, 0.5) is 5.69 Å². The van der Waals surface area contributed by atoms with Crippen LogP contribution in [0.3, 0.4) is 0 Å². The number of benzene rings is 2. The monoisotopic (exact) mass is 350 g/mol. The van der Waals surface area contributed by atoms with Crippen molar-refractivity contribution in [2.45, 2.75) is 33.1 Å². The van der Waals surface area contributed by atoms with E-state index in [1.165, 1.54) is 5.56 Å². The number of rotatable bonds is 7. The van der Waals surface area contributed by atoms with Gasteiger partial charge in [0, 0.05) is 18.8 Å². The molecule has 0 saturated heterocycles. The minimum Gasteiger partial charge on any atom is -0.355 e. The van der Waals surface area contributed by atoms with E-state index in [0.717, 1.165) is 17.7 Å². The molecule has 1 N–H and O–H groups in total. The van der Waals surface area contributed by atoms with Gasteiger partial charge in [-0.3, -0.25) is 9.59 Å². The van der Waals surface area contributed by atoms with Crippen molar-refractivity contribution < 1.29 is 9.59 Å². The summed E-state index contributed by atoms with van der Waals surface area (Å²) in [6, 6.07) is 17.9. The number of carbonyl (C=O) groups excluding carboxylic acids is 2. The zero-order valence-corrected chi connectivity index (χ0v) is 15.5. The third kappa shape index (κ3) is 3.79. The summed E-state index contributed by atoms with van der Waals surface area (Å²) in [6.07, 6.45) is 2.03. The number of aryl methyl sites for hydroxylation is 1. The molecule has 136 valence electrons. The van der Waals surface area contributed by atoms with Crippen LogP contribution in [-0.4, -0.2) is 24.9 Å². The van der Waals surface area contributed by atoms with Gasteiger partial charge >= 0.3 is 0 Å². The zero-order chi connectivity index (χ0) is 18.6. The second kappa shape index (κ2) is 7.73. The second-order valence-electron chi connectivity index (χ2n) is 6.96. The third-order valence-electron chi connectivity index (χ3n) is 5.01. The highest BCUT2D eigenvalue weighted by Gasteiger charge is 2.57. The summed E-state index contributed by atoms with van der Waals surface area (Å²) >= 11 is 0. The molecular formula is C22H26N2O2. The highest BCUT2D eigenvalue weighted by molar-refractivity contribution is 6.14. The minimum absolute atomic E-state index is 0.0807. The van der Waals surface area contributed by atoms with Gasteiger partial charge in [0.05, 0.1) is 0 Å². The maximum atomic E-state index is 13.1. The Balaban J connectivity index is 1.64. The van der Waals surface area contributed by atoms with Crippen molar-refractivity contribution in [3.8, 4) is 0 Å². The average Bonchev–Trinajstić information content (AvgIpc) is 3.45. The molecule has 1 aliphatic carbocycles. The molecule has 0 radical (unpaired) electrons. The van der Waals surface area contributed by atoms with Crippen LogP contribution in [0.1, 0.15) is 30.9 Å². The van der Waals surface area contributed by atoms with Crippen LogP contribution >= 0.6 is 0 Å². The lowest BCUT2D eigenvalue weighted by molar-refractivity contribution is -0.135. The fourth-order valence-electron chi connectivity index (χ4n) is 3.29. The predicted molar refractivity (Wildman–Crippen MR) is 104 cm³/mol. The molecule has 0 bridgehead atoms. The highest BCUT2D eigenvalue weighted by atomic mass is 16.2. The van der Waals surface area contributed by atoms with Gasteiger partial charge in [-0.2, -0.15) is 0 Å². The third-order valence-corrected chi connectivity index (χ3v) is 5.01. The Bertz CT molecular complexity index is 782. The standard InChI is InChI=1S/C22H26N2O2/c1-3-24(19-11-7-8-17(2)16-19)21(26)22(13-14-22)20(25)23-15-12-18-9-5-4-6-10-18/h4-11,16H,3,12-15H2,1-2H3,(H,23,25). The Labute approximate surface area is 155 Å². The van der Waals surface area contributed by atoms with Crippen LogP contribution in [-0.2, 0) is 16.0 Å². The Hall–Kier alpha value is -2.62. The molecule has 1 fully saturated rings. The molecule has 4 heteroatoms. The van der Waals surface area contributed by atoms with Crippen molar-refractivity contribution in [3.05, 3.63) is 65.7 Å². The summed E-state index contributed by atoms with van der Waals surface area (Å²) in [4.78, 5) is 27.6. The first kappa shape index (κ1) is 18.2. The Morgan fingerprint density at radius 3 is 2.42 bits per heavy atom. The van der Waals surface area contributed by atoms with Gasteiger partial charge in [0.2, 0.25) is 11.8 Å². The quantitative estimate of drug-likeness (QED) is 0.777. The topological polar surface area (TPSA) is 49.4 Å². The van der Waals surface area contributed by atoms with Crippen LogP contribution < -0.4 is 10.2 Å². The largest absolute Gasteiger partial charge is 0.355 e. The number of amides is 2. The van der Waals surface area contributed by atoms with E-state index in [-0.39, 0.29) is 11.8 Å². The summed E-state index contributed by atoms with van der Waals surface area (Å²) < 4.78 is 0. The van der Waals surface area contributed by atoms with Crippen LogP contribution in [0, 0.1) is 12.3 Å². The number of anilines is 1. The fraction of sp³-hybridized carbons (Fsp3) is 0.364. The summed E-state index contributed by atoms with van der Waals surface area (Å²) in [5.41, 5.74) is 2.27. The second-order valence-corrected chi connectivity index (χ2v) is 6.96. The molecule has 1 aliphatic rings. The molecule has 3 rings (SSSR count).